The standard InChI is InChI=1S/C25H25FN2O5S/c1-17(19-11-12-22-23(16-19)33-14-13-32-22)27-25(29)21(15-18-7-3-2-4-8-18)28-34(30,31)24-10-6-5-9-20(24)26/h2-12,16-17,21,28H,13-15H2,1H3,(H,27,29)/t17-,21+/m0/s1. The van der Waals surface area contributed by atoms with Gasteiger partial charge in [0.15, 0.2) is 11.5 Å². The first-order chi connectivity index (χ1) is 16.3. The summed E-state index contributed by atoms with van der Waals surface area (Å²) in [5.41, 5.74) is 1.53. The van der Waals surface area contributed by atoms with Gasteiger partial charge >= 0.3 is 0 Å². The number of hydrogen-bond donors (Lipinski definition) is 2. The van der Waals surface area contributed by atoms with Crippen molar-refractivity contribution in [2.24, 2.45) is 0 Å². The second-order valence-electron chi connectivity index (χ2n) is 7.93. The van der Waals surface area contributed by atoms with Gasteiger partial charge in [-0.05, 0) is 48.7 Å². The molecule has 0 spiro atoms. The molecular weight excluding hydrogens is 459 g/mol. The van der Waals surface area contributed by atoms with Crippen molar-refractivity contribution in [2.75, 3.05) is 13.2 Å². The third-order valence-corrected chi connectivity index (χ3v) is 6.95. The van der Waals surface area contributed by atoms with Crippen LogP contribution in [0.3, 0.4) is 0 Å². The van der Waals surface area contributed by atoms with Crippen molar-refractivity contribution in [3.63, 3.8) is 0 Å². The Bertz CT molecular complexity index is 1270. The van der Waals surface area contributed by atoms with Crippen LogP contribution in [0.15, 0.2) is 77.7 Å². The monoisotopic (exact) mass is 484 g/mol. The Kier molecular flexibility index (Phi) is 7.14. The molecule has 0 aliphatic carbocycles. The van der Waals surface area contributed by atoms with Crippen LogP contribution >= 0.6 is 0 Å². The average Bonchev–Trinajstić information content (AvgIpc) is 2.84. The van der Waals surface area contributed by atoms with Gasteiger partial charge in [-0.15, -0.1) is 0 Å². The molecule has 0 saturated carbocycles. The van der Waals surface area contributed by atoms with Crippen LogP contribution in [0, 0.1) is 5.82 Å². The number of sulfonamides is 1. The van der Waals surface area contributed by atoms with E-state index in [-0.39, 0.29) is 6.42 Å². The van der Waals surface area contributed by atoms with Crippen molar-refractivity contribution in [3.05, 3.63) is 89.7 Å². The molecular formula is C25H25FN2O5S. The number of carbonyl (C=O) groups is 1. The van der Waals surface area contributed by atoms with Gasteiger partial charge in [-0.3, -0.25) is 4.79 Å². The largest absolute Gasteiger partial charge is 0.486 e. The van der Waals surface area contributed by atoms with E-state index in [2.05, 4.69) is 10.0 Å². The van der Waals surface area contributed by atoms with Crippen LogP contribution in [0.1, 0.15) is 24.1 Å². The van der Waals surface area contributed by atoms with E-state index in [1.165, 1.54) is 12.1 Å². The Hall–Kier alpha value is -3.43. The molecule has 1 aliphatic rings. The molecule has 2 N–H and O–H groups in total. The quantitative estimate of drug-likeness (QED) is 0.511. The fraction of sp³-hybridized carbons (Fsp3) is 0.240. The molecule has 3 aromatic rings. The number of hydrogen-bond acceptors (Lipinski definition) is 5. The average molecular weight is 485 g/mol. The van der Waals surface area contributed by atoms with E-state index in [0.717, 1.165) is 23.3 Å². The zero-order valence-electron chi connectivity index (χ0n) is 18.5. The van der Waals surface area contributed by atoms with Crippen LogP contribution in [0.25, 0.3) is 0 Å². The zero-order valence-corrected chi connectivity index (χ0v) is 19.3. The smallest absolute Gasteiger partial charge is 0.244 e. The highest BCUT2D eigenvalue weighted by molar-refractivity contribution is 7.89. The van der Waals surface area contributed by atoms with Crippen molar-refractivity contribution in [2.45, 2.75) is 30.3 Å². The van der Waals surface area contributed by atoms with Gasteiger partial charge in [0.2, 0.25) is 15.9 Å². The van der Waals surface area contributed by atoms with E-state index < -0.39 is 38.7 Å². The van der Waals surface area contributed by atoms with Crippen LogP contribution in [0.5, 0.6) is 11.5 Å². The lowest BCUT2D eigenvalue weighted by atomic mass is 10.0. The predicted molar refractivity (Wildman–Crippen MR) is 125 cm³/mol. The van der Waals surface area contributed by atoms with Crippen LogP contribution in [-0.2, 0) is 21.2 Å². The molecule has 0 unspecified atom stereocenters. The zero-order chi connectivity index (χ0) is 24.1. The Morgan fingerprint density at radius 1 is 0.971 bits per heavy atom. The van der Waals surface area contributed by atoms with Gasteiger partial charge in [-0.25, -0.2) is 12.8 Å². The maximum atomic E-state index is 14.2. The number of carbonyl (C=O) groups excluding carboxylic acids is 1. The van der Waals surface area contributed by atoms with Crippen LogP contribution < -0.4 is 19.5 Å². The third-order valence-electron chi connectivity index (χ3n) is 5.45. The molecule has 178 valence electrons. The molecule has 2 atom stereocenters. The first-order valence-electron chi connectivity index (χ1n) is 10.8. The summed E-state index contributed by atoms with van der Waals surface area (Å²) in [5, 5.41) is 2.86. The molecule has 4 rings (SSSR count). The molecule has 0 bridgehead atoms. The molecule has 1 amide bonds. The fourth-order valence-corrected chi connectivity index (χ4v) is 4.95. The Morgan fingerprint density at radius 2 is 1.65 bits per heavy atom. The van der Waals surface area contributed by atoms with E-state index in [4.69, 9.17) is 9.47 Å². The number of halogens is 1. The van der Waals surface area contributed by atoms with Crippen LogP contribution in [-0.4, -0.2) is 33.6 Å². The molecule has 0 saturated heterocycles. The van der Waals surface area contributed by atoms with Crippen molar-refractivity contribution >= 4 is 15.9 Å². The minimum Gasteiger partial charge on any atom is -0.486 e. The number of ether oxygens (including phenoxy) is 2. The van der Waals surface area contributed by atoms with E-state index in [1.807, 2.05) is 12.1 Å². The topological polar surface area (TPSA) is 93.7 Å². The molecule has 7 nitrogen and oxygen atoms in total. The van der Waals surface area contributed by atoms with Gasteiger partial charge < -0.3 is 14.8 Å². The van der Waals surface area contributed by atoms with Gasteiger partial charge in [-0.2, -0.15) is 4.72 Å². The second kappa shape index (κ2) is 10.2. The Balaban J connectivity index is 1.55. The normalized spacial score (nSPS) is 14.8. The van der Waals surface area contributed by atoms with Crippen LogP contribution in [0.2, 0.25) is 0 Å². The van der Waals surface area contributed by atoms with Crippen molar-refractivity contribution in [1.29, 1.82) is 0 Å². The summed E-state index contributed by atoms with van der Waals surface area (Å²) in [5.74, 6) is -0.205. The summed E-state index contributed by atoms with van der Waals surface area (Å²) < 4.78 is 53.5. The molecule has 1 heterocycles. The van der Waals surface area contributed by atoms with Gasteiger partial charge in [0.05, 0.1) is 6.04 Å². The minimum atomic E-state index is -4.29. The first kappa shape index (κ1) is 23.7. The highest BCUT2D eigenvalue weighted by Gasteiger charge is 2.29. The summed E-state index contributed by atoms with van der Waals surface area (Å²) >= 11 is 0. The van der Waals surface area contributed by atoms with Crippen LogP contribution in [0.4, 0.5) is 4.39 Å². The second-order valence-corrected chi connectivity index (χ2v) is 9.61. The Morgan fingerprint density at radius 3 is 2.38 bits per heavy atom. The summed E-state index contributed by atoms with van der Waals surface area (Å²) in [4.78, 5) is 12.7. The van der Waals surface area contributed by atoms with E-state index >= 15 is 0 Å². The van der Waals surface area contributed by atoms with E-state index in [1.54, 1.807) is 43.3 Å². The summed E-state index contributed by atoms with van der Waals surface area (Å²) in [6.45, 7) is 2.70. The summed E-state index contributed by atoms with van der Waals surface area (Å²) in [7, 11) is -4.29. The number of rotatable bonds is 8. The molecule has 9 heteroatoms. The highest BCUT2D eigenvalue weighted by atomic mass is 32.2. The van der Waals surface area contributed by atoms with Crippen molar-refractivity contribution < 1.29 is 27.1 Å². The third kappa shape index (κ3) is 5.55. The predicted octanol–water partition coefficient (Wildman–Crippen LogP) is 3.36. The lowest BCUT2D eigenvalue weighted by Crippen LogP contribution is -2.48. The minimum absolute atomic E-state index is 0.0915. The number of benzene rings is 3. The van der Waals surface area contributed by atoms with Gasteiger partial charge in [0, 0.05) is 0 Å². The summed E-state index contributed by atoms with van der Waals surface area (Å²) in [6, 6.07) is 17.8. The van der Waals surface area contributed by atoms with Crippen molar-refractivity contribution in [3.8, 4) is 11.5 Å². The van der Waals surface area contributed by atoms with Gasteiger partial charge in [-0.1, -0.05) is 48.5 Å². The first-order valence-corrected chi connectivity index (χ1v) is 12.3. The van der Waals surface area contributed by atoms with Gasteiger partial charge in [0.25, 0.3) is 0 Å². The summed E-state index contributed by atoms with van der Waals surface area (Å²) in [6.07, 6.45) is 0.0915. The Labute approximate surface area is 198 Å². The lowest BCUT2D eigenvalue weighted by Gasteiger charge is -2.23. The number of nitrogens with one attached hydrogen (secondary N) is 2. The van der Waals surface area contributed by atoms with Gasteiger partial charge in [0.1, 0.15) is 30.0 Å². The molecule has 1 aliphatic heterocycles. The SMILES string of the molecule is C[C@H](NC(=O)[C@@H](Cc1ccccc1)NS(=O)(=O)c1ccccc1F)c1ccc2c(c1)OCCO2. The maximum Gasteiger partial charge on any atom is 0.244 e. The highest BCUT2D eigenvalue weighted by Crippen LogP contribution is 2.32. The van der Waals surface area contributed by atoms with Crippen molar-refractivity contribution in [1.82, 2.24) is 10.0 Å². The lowest BCUT2D eigenvalue weighted by molar-refractivity contribution is -0.123. The molecule has 0 radical (unpaired) electrons. The maximum absolute atomic E-state index is 14.2. The number of amides is 1. The fourth-order valence-electron chi connectivity index (χ4n) is 3.68. The molecule has 34 heavy (non-hydrogen) atoms. The molecule has 0 fully saturated rings. The molecule has 3 aromatic carbocycles. The van der Waals surface area contributed by atoms with E-state index in [0.29, 0.717) is 24.7 Å². The van der Waals surface area contributed by atoms with E-state index in [9.17, 15) is 17.6 Å². The molecule has 0 aromatic heterocycles. The number of fused-ring (bicyclic) bond motifs is 1.